The van der Waals surface area contributed by atoms with Crippen LogP contribution in [0.25, 0.3) is 38.2 Å². The highest BCUT2D eigenvalue weighted by Crippen LogP contribution is 2.46. The molecule has 0 unspecified atom stereocenters. The van der Waals surface area contributed by atoms with Gasteiger partial charge in [-0.25, -0.2) is 9.97 Å². The monoisotopic (exact) mass is 627 g/mol. The minimum Gasteiger partial charge on any atom is -0.320 e. The van der Waals surface area contributed by atoms with Gasteiger partial charge in [-0.1, -0.05) is 121 Å². The third-order valence-corrected chi connectivity index (χ3v) is 9.64. The number of benzene rings is 4. The third-order valence-electron chi connectivity index (χ3n) is 8.48. The van der Waals surface area contributed by atoms with E-state index >= 15 is 0 Å². The van der Waals surface area contributed by atoms with Crippen LogP contribution in [0.15, 0.2) is 134 Å². The van der Waals surface area contributed by atoms with E-state index in [2.05, 4.69) is 148 Å². The van der Waals surface area contributed by atoms with Gasteiger partial charge in [0.25, 0.3) is 0 Å². The fraction of sp³-hybridized carbons (Fsp3) is 0.116. The summed E-state index contributed by atoms with van der Waals surface area (Å²) in [5, 5.41) is 1.27. The van der Waals surface area contributed by atoms with Crippen LogP contribution in [-0.4, -0.2) is 9.97 Å². The van der Waals surface area contributed by atoms with Gasteiger partial charge in [-0.3, -0.25) is 0 Å². The number of allylic oxidation sites excluding steroid dienone is 5. The number of hydrogen-bond acceptors (Lipinski definition) is 4. The average molecular weight is 628 g/mol. The normalized spacial score (nSPS) is 11.4. The average Bonchev–Trinajstić information content (AvgIpc) is 3.67. The first-order valence-electron chi connectivity index (χ1n) is 15.7. The standard InChI is InChI=1S/C41H35N3S.C2H2/c1-5-6-20-31(27(2)3)38-33-22-13-15-24-36(33)45-37(38)26-44(35-23-14-10-16-28(35)4)41-39-32-21-12-11-19-30(32)25-34(39)42-40(43-41)29-17-8-7-9-18-29;1-2/h5-24H,1,25-26H2,2-4H3;1-2H/b20-6-;. The van der Waals surface area contributed by atoms with Crippen molar-refractivity contribution in [2.45, 2.75) is 33.7 Å². The summed E-state index contributed by atoms with van der Waals surface area (Å²) in [7, 11) is 0. The summed E-state index contributed by atoms with van der Waals surface area (Å²) in [5.41, 5.74) is 11.9. The molecule has 230 valence electrons. The predicted molar refractivity (Wildman–Crippen MR) is 202 cm³/mol. The summed E-state index contributed by atoms with van der Waals surface area (Å²) in [5.74, 6) is 1.70. The SMILES string of the molecule is C#C.C=C/C=C\C(=C(C)C)c1c(CN(c2ccccc2C)c2nc(-c3ccccc3)nc3c2-c2ccccc2C3)sc2ccccc12. The number of terminal acetylenes is 1. The number of hydrogen-bond donors (Lipinski definition) is 0. The highest BCUT2D eigenvalue weighted by molar-refractivity contribution is 7.19. The van der Waals surface area contributed by atoms with E-state index in [1.165, 1.54) is 48.4 Å². The maximum absolute atomic E-state index is 5.42. The van der Waals surface area contributed by atoms with Crippen LogP contribution in [0, 0.1) is 19.8 Å². The molecule has 1 aliphatic rings. The van der Waals surface area contributed by atoms with E-state index in [0.717, 1.165) is 40.6 Å². The summed E-state index contributed by atoms with van der Waals surface area (Å²) >= 11 is 1.87. The van der Waals surface area contributed by atoms with Crippen LogP contribution in [0.1, 0.15) is 41.1 Å². The Kier molecular flexibility index (Phi) is 9.29. The zero-order valence-corrected chi connectivity index (χ0v) is 27.9. The van der Waals surface area contributed by atoms with E-state index in [1.807, 2.05) is 29.6 Å². The first-order valence-corrected chi connectivity index (χ1v) is 16.5. The Labute approximate surface area is 282 Å². The number of anilines is 2. The van der Waals surface area contributed by atoms with E-state index in [4.69, 9.17) is 9.97 Å². The highest BCUT2D eigenvalue weighted by Gasteiger charge is 2.30. The molecule has 0 radical (unpaired) electrons. The minimum absolute atomic E-state index is 0.665. The molecule has 2 heterocycles. The second-order valence-corrected chi connectivity index (χ2v) is 12.8. The Morgan fingerprint density at radius 2 is 1.57 bits per heavy atom. The number of thiophene rings is 1. The maximum Gasteiger partial charge on any atom is 0.161 e. The lowest BCUT2D eigenvalue weighted by atomic mass is 9.97. The van der Waals surface area contributed by atoms with E-state index in [-0.39, 0.29) is 0 Å². The first kappa shape index (κ1) is 31.5. The van der Waals surface area contributed by atoms with Crippen LogP contribution in [0.4, 0.5) is 11.5 Å². The molecule has 0 atom stereocenters. The lowest BCUT2D eigenvalue weighted by Crippen LogP contribution is -2.20. The molecule has 2 aromatic heterocycles. The van der Waals surface area contributed by atoms with Gasteiger partial charge in [0.2, 0.25) is 0 Å². The predicted octanol–water partition coefficient (Wildman–Crippen LogP) is 11.4. The molecule has 4 aromatic carbocycles. The molecule has 0 fully saturated rings. The van der Waals surface area contributed by atoms with Gasteiger partial charge in [0.15, 0.2) is 5.82 Å². The Bertz CT molecular complexity index is 2160. The second kappa shape index (κ2) is 13.9. The molecule has 7 rings (SSSR count). The van der Waals surface area contributed by atoms with Crippen LogP contribution in [0.3, 0.4) is 0 Å². The van der Waals surface area contributed by atoms with Gasteiger partial charge in [-0.15, -0.1) is 24.2 Å². The number of rotatable bonds is 8. The fourth-order valence-corrected chi connectivity index (χ4v) is 7.57. The topological polar surface area (TPSA) is 29.0 Å². The number of aryl methyl sites for hydroxylation is 1. The lowest BCUT2D eigenvalue weighted by molar-refractivity contribution is 0.943. The minimum atomic E-state index is 0.665. The van der Waals surface area contributed by atoms with Gasteiger partial charge < -0.3 is 4.90 Å². The number of para-hydroxylation sites is 1. The Morgan fingerprint density at radius 3 is 2.34 bits per heavy atom. The molecule has 0 spiro atoms. The zero-order valence-electron chi connectivity index (χ0n) is 27.1. The molecule has 6 aromatic rings. The Morgan fingerprint density at radius 1 is 0.872 bits per heavy atom. The van der Waals surface area contributed by atoms with Crippen LogP contribution in [-0.2, 0) is 13.0 Å². The summed E-state index contributed by atoms with van der Waals surface area (Å²) in [6.45, 7) is 11.2. The lowest BCUT2D eigenvalue weighted by Gasteiger charge is -2.28. The molecule has 0 N–H and O–H groups in total. The van der Waals surface area contributed by atoms with E-state index in [9.17, 15) is 0 Å². The number of aromatic nitrogens is 2. The molecular formula is C43H37N3S. The second-order valence-electron chi connectivity index (χ2n) is 11.7. The molecule has 1 aliphatic carbocycles. The number of fused-ring (bicyclic) bond motifs is 4. The van der Waals surface area contributed by atoms with Crippen molar-refractivity contribution in [2.24, 2.45) is 0 Å². The molecule has 0 bridgehead atoms. The summed E-state index contributed by atoms with van der Waals surface area (Å²) in [6, 6.07) is 36.4. The maximum atomic E-state index is 5.42. The van der Waals surface area contributed by atoms with Crippen molar-refractivity contribution in [3.05, 3.63) is 161 Å². The van der Waals surface area contributed by atoms with Crippen LogP contribution in [0.5, 0.6) is 0 Å². The van der Waals surface area contributed by atoms with Crippen LogP contribution < -0.4 is 4.90 Å². The molecular weight excluding hydrogens is 591 g/mol. The molecule has 0 saturated heterocycles. The van der Waals surface area contributed by atoms with Crippen molar-refractivity contribution in [3.8, 4) is 35.4 Å². The summed E-state index contributed by atoms with van der Waals surface area (Å²) in [4.78, 5) is 14.3. The summed E-state index contributed by atoms with van der Waals surface area (Å²) < 4.78 is 1.28. The van der Waals surface area contributed by atoms with Gasteiger partial charge in [0.1, 0.15) is 5.82 Å². The fourth-order valence-electron chi connectivity index (χ4n) is 6.36. The van der Waals surface area contributed by atoms with Gasteiger partial charge in [0, 0.05) is 43.8 Å². The van der Waals surface area contributed by atoms with Gasteiger partial charge in [0.05, 0.1) is 12.2 Å². The largest absolute Gasteiger partial charge is 0.320 e. The zero-order chi connectivity index (χ0) is 32.9. The number of nitrogens with zero attached hydrogens (tertiary/aromatic N) is 3. The van der Waals surface area contributed by atoms with Gasteiger partial charge >= 0.3 is 0 Å². The van der Waals surface area contributed by atoms with Crippen molar-refractivity contribution < 1.29 is 0 Å². The van der Waals surface area contributed by atoms with Crippen molar-refractivity contribution in [2.75, 3.05) is 4.90 Å². The molecule has 47 heavy (non-hydrogen) atoms. The van der Waals surface area contributed by atoms with E-state index in [1.54, 1.807) is 0 Å². The van der Waals surface area contributed by atoms with E-state index in [0.29, 0.717) is 6.54 Å². The Hall–Kier alpha value is -5.50. The molecule has 0 aliphatic heterocycles. The highest BCUT2D eigenvalue weighted by atomic mass is 32.1. The third kappa shape index (κ3) is 6.06. The van der Waals surface area contributed by atoms with Crippen LogP contribution >= 0.6 is 11.3 Å². The van der Waals surface area contributed by atoms with E-state index < -0.39 is 0 Å². The molecule has 0 saturated carbocycles. The first-order chi connectivity index (χ1) is 23.0. The van der Waals surface area contributed by atoms with Gasteiger partial charge in [-0.2, -0.15) is 0 Å². The van der Waals surface area contributed by atoms with Crippen molar-refractivity contribution in [1.29, 1.82) is 0 Å². The smallest absolute Gasteiger partial charge is 0.161 e. The quantitative estimate of drug-likeness (QED) is 0.124. The molecule has 0 amide bonds. The Balaban J connectivity index is 0.00000190. The summed E-state index contributed by atoms with van der Waals surface area (Å²) in [6.07, 6.45) is 14.9. The van der Waals surface area contributed by atoms with Crippen molar-refractivity contribution in [1.82, 2.24) is 9.97 Å². The molecule has 3 nitrogen and oxygen atoms in total. The van der Waals surface area contributed by atoms with Gasteiger partial charge in [-0.05, 0) is 55.2 Å². The van der Waals surface area contributed by atoms with Crippen molar-refractivity contribution in [3.63, 3.8) is 0 Å². The van der Waals surface area contributed by atoms with Crippen molar-refractivity contribution >= 4 is 38.5 Å². The van der Waals surface area contributed by atoms with Crippen LogP contribution in [0.2, 0.25) is 0 Å². The molecule has 4 heteroatoms.